The lowest BCUT2D eigenvalue weighted by atomic mass is 10.4. The third-order valence-electron chi connectivity index (χ3n) is 1.45. The Bertz CT molecular complexity index is 333. The van der Waals surface area contributed by atoms with Crippen molar-refractivity contribution in [3.05, 3.63) is 30.3 Å². The molecule has 0 amide bonds. The Labute approximate surface area is 72.5 Å². The largest absolute Gasteiger partial charge is 0.470 e. The molecule has 0 bridgehead atoms. The van der Waals surface area contributed by atoms with Crippen LogP contribution in [0.4, 0.5) is 13.2 Å². The summed E-state index contributed by atoms with van der Waals surface area (Å²) in [6.07, 6.45) is 0. The van der Waals surface area contributed by atoms with Crippen LogP contribution in [0.1, 0.15) is 0 Å². The van der Waals surface area contributed by atoms with E-state index in [9.17, 15) is 17.7 Å². The van der Waals surface area contributed by atoms with Gasteiger partial charge in [-0.25, -0.2) is 0 Å². The van der Waals surface area contributed by atoms with Crippen LogP contribution in [-0.2, 0) is 4.57 Å². The number of alkyl halides is 3. The lowest BCUT2D eigenvalue weighted by Crippen LogP contribution is -2.18. The van der Waals surface area contributed by atoms with Crippen molar-refractivity contribution in [1.29, 1.82) is 0 Å². The molecule has 0 aliphatic carbocycles. The van der Waals surface area contributed by atoms with Crippen molar-refractivity contribution in [2.45, 2.75) is 5.92 Å². The maximum absolute atomic E-state index is 12.0. The van der Waals surface area contributed by atoms with Crippen LogP contribution < -0.4 is 5.30 Å². The topological polar surface area (TPSA) is 37.3 Å². The lowest BCUT2D eigenvalue weighted by Gasteiger charge is -2.14. The standard InChI is InChI=1S/C7H6F3O2P/c8-7(9,10)13(11,12)6-4-2-1-3-5-6/h1-5H,(H,11,12). The van der Waals surface area contributed by atoms with E-state index in [2.05, 4.69) is 0 Å². The van der Waals surface area contributed by atoms with E-state index in [0.29, 0.717) is 0 Å². The zero-order chi connectivity index (χ0) is 10.1. The molecule has 6 heteroatoms. The summed E-state index contributed by atoms with van der Waals surface area (Å²) in [6.45, 7) is 0. The fraction of sp³-hybridized carbons (Fsp3) is 0.143. The van der Waals surface area contributed by atoms with Gasteiger partial charge in [0.25, 0.3) is 0 Å². The van der Waals surface area contributed by atoms with Gasteiger partial charge < -0.3 is 4.89 Å². The minimum Gasteiger partial charge on any atom is -0.335 e. The van der Waals surface area contributed by atoms with Gasteiger partial charge in [0.15, 0.2) is 0 Å². The van der Waals surface area contributed by atoms with Crippen LogP contribution in [0.5, 0.6) is 0 Å². The van der Waals surface area contributed by atoms with Crippen molar-refractivity contribution in [1.82, 2.24) is 0 Å². The Kier molecular flexibility index (Phi) is 2.50. The first-order valence-corrected chi connectivity index (χ1v) is 4.97. The van der Waals surface area contributed by atoms with Gasteiger partial charge in [-0.05, 0) is 12.1 Å². The second kappa shape index (κ2) is 3.16. The summed E-state index contributed by atoms with van der Waals surface area (Å²) in [5, 5.41) is -0.595. The van der Waals surface area contributed by atoms with E-state index in [1.165, 1.54) is 18.2 Å². The van der Waals surface area contributed by atoms with Gasteiger partial charge in [0.1, 0.15) is 0 Å². The summed E-state index contributed by atoms with van der Waals surface area (Å²) in [6, 6.07) is 6.00. The summed E-state index contributed by atoms with van der Waals surface area (Å²) in [5.41, 5.74) is 0. The van der Waals surface area contributed by atoms with Gasteiger partial charge in [-0.3, -0.25) is 4.57 Å². The van der Waals surface area contributed by atoms with Gasteiger partial charge in [-0.2, -0.15) is 13.2 Å². The van der Waals surface area contributed by atoms with E-state index in [1.807, 2.05) is 0 Å². The summed E-state index contributed by atoms with van der Waals surface area (Å²) in [7, 11) is -5.23. The third-order valence-corrected chi connectivity index (χ3v) is 3.14. The van der Waals surface area contributed by atoms with Gasteiger partial charge in [0.05, 0.1) is 0 Å². The highest BCUT2D eigenvalue weighted by Crippen LogP contribution is 2.56. The molecular weight excluding hydrogens is 204 g/mol. The van der Waals surface area contributed by atoms with Crippen molar-refractivity contribution in [3.8, 4) is 0 Å². The molecule has 0 aliphatic rings. The molecule has 1 N–H and O–H groups in total. The van der Waals surface area contributed by atoms with E-state index >= 15 is 0 Å². The smallest absolute Gasteiger partial charge is 0.335 e. The predicted molar refractivity (Wildman–Crippen MR) is 42.0 cm³/mol. The molecule has 0 heterocycles. The van der Waals surface area contributed by atoms with Crippen LogP contribution in [0.3, 0.4) is 0 Å². The molecule has 72 valence electrons. The Balaban J connectivity index is 3.17. The van der Waals surface area contributed by atoms with Crippen LogP contribution in [0.15, 0.2) is 30.3 Å². The molecule has 0 radical (unpaired) electrons. The fourth-order valence-corrected chi connectivity index (χ4v) is 1.65. The monoisotopic (exact) mass is 210 g/mol. The summed E-state index contributed by atoms with van der Waals surface area (Å²) in [4.78, 5) is 8.75. The number of halogens is 3. The maximum Gasteiger partial charge on any atom is 0.470 e. The van der Waals surface area contributed by atoms with Crippen molar-refractivity contribution >= 4 is 12.7 Å². The minimum absolute atomic E-state index is 0.595. The van der Waals surface area contributed by atoms with E-state index in [4.69, 9.17) is 4.89 Å². The molecule has 1 aromatic rings. The molecule has 0 spiro atoms. The average molecular weight is 210 g/mol. The zero-order valence-electron chi connectivity index (χ0n) is 6.32. The predicted octanol–water partition coefficient (Wildman–Crippen LogP) is 2.10. The quantitative estimate of drug-likeness (QED) is 0.720. The molecule has 1 unspecified atom stereocenters. The van der Waals surface area contributed by atoms with Gasteiger partial charge in [-0.15, -0.1) is 0 Å². The first-order chi connectivity index (χ1) is 5.86. The highest BCUT2D eigenvalue weighted by molar-refractivity contribution is 7.67. The normalized spacial score (nSPS) is 16.6. The zero-order valence-corrected chi connectivity index (χ0v) is 7.22. The van der Waals surface area contributed by atoms with Crippen LogP contribution in [0.25, 0.3) is 0 Å². The van der Waals surface area contributed by atoms with Crippen molar-refractivity contribution in [3.63, 3.8) is 0 Å². The molecule has 0 saturated carbocycles. The van der Waals surface area contributed by atoms with E-state index in [-0.39, 0.29) is 0 Å². The molecule has 0 aromatic heterocycles. The number of hydrogen-bond donors (Lipinski definition) is 1. The Morgan fingerprint density at radius 2 is 1.62 bits per heavy atom. The second-order valence-corrected chi connectivity index (χ2v) is 4.55. The molecule has 0 saturated heterocycles. The minimum atomic E-state index is -5.23. The number of hydrogen-bond acceptors (Lipinski definition) is 1. The Morgan fingerprint density at radius 3 is 2.00 bits per heavy atom. The Hall–Kier alpha value is -0.800. The van der Waals surface area contributed by atoms with Crippen molar-refractivity contribution in [2.24, 2.45) is 0 Å². The van der Waals surface area contributed by atoms with Gasteiger partial charge >= 0.3 is 13.3 Å². The molecule has 13 heavy (non-hydrogen) atoms. The molecule has 0 aliphatic heterocycles. The van der Waals surface area contributed by atoms with E-state index < -0.39 is 18.6 Å². The fourth-order valence-electron chi connectivity index (χ4n) is 0.776. The number of rotatable bonds is 1. The lowest BCUT2D eigenvalue weighted by molar-refractivity contribution is -0.0532. The third kappa shape index (κ3) is 1.92. The molecule has 0 fully saturated rings. The van der Waals surface area contributed by atoms with Crippen LogP contribution in [0, 0.1) is 0 Å². The second-order valence-electron chi connectivity index (χ2n) is 2.38. The highest BCUT2D eigenvalue weighted by atomic mass is 31.2. The Morgan fingerprint density at radius 1 is 1.15 bits per heavy atom. The van der Waals surface area contributed by atoms with Gasteiger partial charge in [0, 0.05) is 5.30 Å². The summed E-state index contributed by atoms with van der Waals surface area (Å²) < 4.78 is 46.9. The molecule has 1 rings (SSSR count). The highest BCUT2D eigenvalue weighted by Gasteiger charge is 2.51. The first-order valence-electron chi connectivity index (χ1n) is 3.31. The number of benzene rings is 1. The van der Waals surface area contributed by atoms with Crippen LogP contribution in [0.2, 0.25) is 0 Å². The molecule has 1 atom stereocenters. The van der Waals surface area contributed by atoms with Crippen LogP contribution >= 0.6 is 7.37 Å². The molecule has 2 nitrogen and oxygen atoms in total. The summed E-state index contributed by atoms with van der Waals surface area (Å²) >= 11 is 0. The first kappa shape index (κ1) is 10.3. The molecule has 1 aromatic carbocycles. The van der Waals surface area contributed by atoms with Crippen molar-refractivity contribution in [2.75, 3.05) is 0 Å². The van der Waals surface area contributed by atoms with E-state index in [0.717, 1.165) is 12.1 Å². The maximum atomic E-state index is 12.0. The average Bonchev–Trinajstić information content (AvgIpc) is 2.04. The van der Waals surface area contributed by atoms with Crippen molar-refractivity contribution < 1.29 is 22.6 Å². The van der Waals surface area contributed by atoms with Crippen LogP contribution in [-0.4, -0.2) is 10.8 Å². The van der Waals surface area contributed by atoms with E-state index in [1.54, 1.807) is 0 Å². The SMILES string of the molecule is O=P(O)(c1ccccc1)C(F)(F)F. The summed E-state index contributed by atoms with van der Waals surface area (Å²) in [5.74, 6) is -5.09. The molecular formula is C7H6F3O2P. The van der Waals surface area contributed by atoms with Gasteiger partial charge in [0.2, 0.25) is 0 Å². The van der Waals surface area contributed by atoms with Gasteiger partial charge in [-0.1, -0.05) is 18.2 Å².